The molecule has 0 aliphatic rings. The predicted octanol–water partition coefficient (Wildman–Crippen LogP) is 6.00. The van der Waals surface area contributed by atoms with Gasteiger partial charge in [-0.3, -0.25) is 4.79 Å². The highest BCUT2D eigenvalue weighted by molar-refractivity contribution is 9.10. The molecule has 34 heavy (non-hydrogen) atoms. The van der Waals surface area contributed by atoms with E-state index in [9.17, 15) is 4.79 Å². The number of carbonyl (C=O) groups excluding carboxylic acids is 1. The van der Waals surface area contributed by atoms with Gasteiger partial charge in [0.15, 0.2) is 6.61 Å². The van der Waals surface area contributed by atoms with Gasteiger partial charge in [-0.15, -0.1) is 0 Å². The van der Waals surface area contributed by atoms with Crippen molar-refractivity contribution in [2.24, 2.45) is 5.10 Å². The van der Waals surface area contributed by atoms with E-state index in [1.165, 1.54) is 6.21 Å². The highest BCUT2D eigenvalue weighted by Gasteiger charge is 2.10. The van der Waals surface area contributed by atoms with E-state index in [1.54, 1.807) is 13.2 Å². The molecule has 0 fully saturated rings. The van der Waals surface area contributed by atoms with Gasteiger partial charge in [-0.05, 0) is 65.9 Å². The fraction of sp³-hybridized carbons (Fsp3) is 0.259. The Morgan fingerprint density at radius 2 is 1.88 bits per heavy atom. The molecule has 0 spiro atoms. The summed E-state index contributed by atoms with van der Waals surface area (Å²) in [6.45, 7) is 6.43. The maximum absolute atomic E-state index is 12.3. The van der Waals surface area contributed by atoms with E-state index in [2.05, 4.69) is 40.3 Å². The number of ether oxygens (including phenoxy) is 3. The van der Waals surface area contributed by atoms with Crippen LogP contribution in [0.4, 0.5) is 0 Å². The first-order chi connectivity index (χ1) is 16.4. The average Bonchev–Trinajstić information content (AvgIpc) is 2.81. The molecule has 0 aliphatic heterocycles. The van der Waals surface area contributed by atoms with Crippen LogP contribution in [-0.4, -0.2) is 25.8 Å². The fourth-order valence-corrected chi connectivity index (χ4v) is 3.71. The molecule has 0 heterocycles. The molecular formula is C27H29BrN2O4. The number of carbonyl (C=O) groups is 1. The van der Waals surface area contributed by atoms with Crippen LogP contribution >= 0.6 is 15.9 Å². The third kappa shape index (κ3) is 7.35. The van der Waals surface area contributed by atoms with Gasteiger partial charge in [-0.2, -0.15) is 5.10 Å². The summed E-state index contributed by atoms with van der Waals surface area (Å²) in [5.41, 5.74) is 6.35. The van der Waals surface area contributed by atoms with E-state index < -0.39 is 0 Å². The van der Waals surface area contributed by atoms with Crippen LogP contribution in [0, 0.1) is 6.92 Å². The summed E-state index contributed by atoms with van der Waals surface area (Å²) in [7, 11) is 1.59. The Hall–Kier alpha value is -3.32. The molecular weight excluding hydrogens is 496 g/mol. The Labute approximate surface area is 209 Å². The van der Waals surface area contributed by atoms with Gasteiger partial charge in [-0.25, -0.2) is 5.43 Å². The Morgan fingerprint density at radius 3 is 2.62 bits per heavy atom. The number of nitrogens with one attached hydrogen (secondary N) is 1. The van der Waals surface area contributed by atoms with Crippen molar-refractivity contribution >= 4 is 28.1 Å². The molecule has 7 heteroatoms. The van der Waals surface area contributed by atoms with E-state index in [-0.39, 0.29) is 12.5 Å². The van der Waals surface area contributed by atoms with E-state index >= 15 is 0 Å². The zero-order valence-corrected chi connectivity index (χ0v) is 21.4. The van der Waals surface area contributed by atoms with Crippen molar-refractivity contribution in [2.75, 3.05) is 13.7 Å². The number of hydrogen-bond donors (Lipinski definition) is 1. The first kappa shape index (κ1) is 25.3. The van der Waals surface area contributed by atoms with Crippen LogP contribution in [0.25, 0.3) is 0 Å². The van der Waals surface area contributed by atoms with Crippen LogP contribution < -0.4 is 19.6 Å². The van der Waals surface area contributed by atoms with Gasteiger partial charge in [0, 0.05) is 10.0 Å². The van der Waals surface area contributed by atoms with Crippen molar-refractivity contribution in [1.82, 2.24) is 5.43 Å². The molecule has 1 amide bonds. The quantitative estimate of drug-likeness (QED) is 0.261. The predicted molar refractivity (Wildman–Crippen MR) is 138 cm³/mol. The van der Waals surface area contributed by atoms with Crippen LogP contribution in [-0.2, 0) is 11.4 Å². The van der Waals surface area contributed by atoms with Crippen molar-refractivity contribution in [3.05, 3.63) is 87.4 Å². The lowest BCUT2D eigenvalue weighted by Gasteiger charge is -2.14. The monoisotopic (exact) mass is 524 g/mol. The SMILES string of the molecule is COc1ccc(OCc2cccc(Br)c2)c(C=NNC(=O)COc2cc(C)ccc2C(C)C)c1. The number of hydrogen-bond acceptors (Lipinski definition) is 5. The van der Waals surface area contributed by atoms with Crippen molar-refractivity contribution in [3.63, 3.8) is 0 Å². The van der Waals surface area contributed by atoms with E-state index in [0.717, 1.165) is 21.2 Å². The summed E-state index contributed by atoms with van der Waals surface area (Å²) < 4.78 is 18.0. The summed E-state index contributed by atoms with van der Waals surface area (Å²) in [5.74, 6) is 1.93. The van der Waals surface area contributed by atoms with Crippen LogP contribution in [0.3, 0.4) is 0 Å². The van der Waals surface area contributed by atoms with Crippen molar-refractivity contribution < 1.29 is 19.0 Å². The molecule has 6 nitrogen and oxygen atoms in total. The molecule has 0 radical (unpaired) electrons. The van der Waals surface area contributed by atoms with Gasteiger partial charge < -0.3 is 14.2 Å². The molecule has 0 saturated carbocycles. The molecule has 0 aromatic heterocycles. The number of amides is 1. The van der Waals surface area contributed by atoms with Crippen molar-refractivity contribution in [1.29, 1.82) is 0 Å². The molecule has 1 N–H and O–H groups in total. The molecule has 0 saturated heterocycles. The van der Waals surface area contributed by atoms with Crippen LogP contribution in [0.2, 0.25) is 0 Å². The molecule has 3 rings (SSSR count). The molecule has 0 bridgehead atoms. The number of halogens is 1. The molecule has 3 aromatic rings. The van der Waals surface area contributed by atoms with Crippen LogP contribution in [0.5, 0.6) is 17.2 Å². The first-order valence-electron chi connectivity index (χ1n) is 11.0. The van der Waals surface area contributed by atoms with Gasteiger partial charge in [0.05, 0.1) is 13.3 Å². The number of methoxy groups -OCH3 is 1. The second-order valence-electron chi connectivity index (χ2n) is 8.10. The van der Waals surface area contributed by atoms with Gasteiger partial charge in [0.2, 0.25) is 0 Å². The number of aryl methyl sites for hydroxylation is 1. The smallest absolute Gasteiger partial charge is 0.277 e. The zero-order chi connectivity index (χ0) is 24.5. The van der Waals surface area contributed by atoms with Gasteiger partial charge in [0.25, 0.3) is 5.91 Å². The lowest BCUT2D eigenvalue weighted by Crippen LogP contribution is -2.25. The largest absolute Gasteiger partial charge is 0.497 e. The van der Waals surface area contributed by atoms with Crippen LogP contribution in [0.15, 0.2) is 70.2 Å². The molecule has 0 unspecified atom stereocenters. The molecule has 0 atom stereocenters. The standard InChI is InChI=1S/C27H29BrN2O4/c1-18(2)24-10-8-19(3)12-26(24)34-17-27(31)30-29-15-21-14-23(32-4)9-11-25(21)33-16-20-6-5-7-22(28)13-20/h5-15,18H,16-17H2,1-4H3,(H,30,31). The summed E-state index contributed by atoms with van der Waals surface area (Å²) in [5, 5.41) is 4.09. The summed E-state index contributed by atoms with van der Waals surface area (Å²) in [6, 6.07) is 19.3. The third-order valence-electron chi connectivity index (χ3n) is 5.04. The minimum absolute atomic E-state index is 0.134. The van der Waals surface area contributed by atoms with Gasteiger partial charge in [-0.1, -0.05) is 54.0 Å². The zero-order valence-electron chi connectivity index (χ0n) is 19.8. The van der Waals surface area contributed by atoms with Crippen LogP contribution in [0.1, 0.15) is 42.0 Å². The average molecular weight is 525 g/mol. The van der Waals surface area contributed by atoms with Gasteiger partial charge in [0.1, 0.15) is 23.9 Å². The highest BCUT2D eigenvalue weighted by Crippen LogP contribution is 2.27. The third-order valence-corrected chi connectivity index (χ3v) is 5.54. The van der Waals surface area contributed by atoms with Crippen molar-refractivity contribution in [3.8, 4) is 17.2 Å². The second kappa shape index (κ2) is 12.2. The number of benzene rings is 3. The maximum atomic E-state index is 12.3. The Morgan fingerprint density at radius 1 is 1.06 bits per heavy atom. The lowest BCUT2D eigenvalue weighted by molar-refractivity contribution is -0.123. The maximum Gasteiger partial charge on any atom is 0.277 e. The Balaban J connectivity index is 1.63. The second-order valence-corrected chi connectivity index (χ2v) is 9.02. The first-order valence-corrected chi connectivity index (χ1v) is 11.8. The lowest BCUT2D eigenvalue weighted by atomic mass is 10.0. The summed E-state index contributed by atoms with van der Waals surface area (Å²) in [4.78, 5) is 12.3. The normalized spacial score (nSPS) is 11.0. The minimum Gasteiger partial charge on any atom is -0.497 e. The van der Waals surface area contributed by atoms with Crippen molar-refractivity contribution in [2.45, 2.75) is 33.3 Å². The van der Waals surface area contributed by atoms with E-state index in [1.807, 2.05) is 61.5 Å². The van der Waals surface area contributed by atoms with E-state index in [4.69, 9.17) is 14.2 Å². The van der Waals surface area contributed by atoms with E-state index in [0.29, 0.717) is 35.3 Å². The Kier molecular flexibility index (Phi) is 9.10. The highest BCUT2D eigenvalue weighted by atomic mass is 79.9. The fourth-order valence-electron chi connectivity index (χ4n) is 3.27. The summed E-state index contributed by atoms with van der Waals surface area (Å²) in [6.07, 6.45) is 1.53. The number of rotatable bonds is 10. The molecule has 0 aliphatic carbocycles. The molecule has 178 valence electrons. The topological polar surface area (TPSA) is 69.2 Å². The number of nitrogens with zero attached hydrogens (tertiary/aromatic N) is 1. The van der Waals surface area contributed by atoms with Gasteiger partial charge >= 0.3 is 0 Å². The minimum atomic E-state index is -0.355. The summed E-state index contributed by atoms with van der Waals surface area (Å²) >= 11 is 3.47. The number of hydrazone groups is 1. The Bertz CT molecular complexity index is 1160. The molecule has 3 aromatic carbocycles.